The summed E-state index contributed by atoms with van der Waals surface area (Å²) in [6.07, 6.45) is 0. The van der Waals surface area contributed by atoms with Crippen LogP contribution < -0.4 is 9.80 Å². The molecular weight excluding hydrogens is 737 g/mol. The van der Waals surface area contributed by atoms with E-state index in [9.17, 15) is 0 Å². The normalized spacial score (nSPS) is 19.5. The number of ketones is 1. The molecule has 8 rings (SSSR count). The second-order valence-corrected chi connectivity index (χ2v) is 18.1. The maximum absolute atomic E-state index is 15.9. The number of fused-ring (bicyclic) bond motifs is 4. The summed E-state index contributed by atoms with van der Waals surface area (Å²) < 4.78 is 11.8. The molecule has 4 aromatic rings. The Morgan fingerprint density at radius 2 is 0.946 bits per heavy atom. The molecule has 0 bridgehead atoms. The zero-order valence-electron chi connectivity index (χ0n) is 33.7. The van der Waals surface area contributed by atoms with E-state index >= 15 is 4.79 Å². The summed E-state index contributed by atoms with van der Waals surface area (Å²) in [6.45, 7) is 11.5. The molecule has 0 N–H and O–H groups in total. The second kappa shape index (κ2) is 17.2. The van der Waals surface area contributed by atoms with E-state index in [1.807, 2.05) is 23.5 Å². The van der Waals surface area contributed by atoms with E-state index in [2.05, 4.69) is 156 Å². The fourth-order valence-corrected chi connectivity index (χ4v) is 10.4. The zero-order valence-corrected chi connectivity index (χ0v) is 35.3. The van der Waals surface area contributed by atoms with Crippen LogP contribution in [0.1, 0.15) is 37.1 Å². The van der Waals surface area contributed by atoms with Crippen LogP contribution in [0.15, 0.2) is 105 Å². The van der Waals surface area contributed by atoms with Crippen LogP contribution in [0, 0.1) is 0 Å². The molecule has 0 spiro atoms. The molecule has 0 aliphatic carbocycles. The SMILES string of the molecule is CC(CN1c2ccccc2Sc2ccc(C(C(=O)C(c3ccc4c(c3)N(CC(C)N(C)C)c3ccccc3S4)N3CCOCC3)N3CCOCC3)cc21)N(C)C. The number of carbonyl (C=O) groups excluding carboxylic acids is 1. The van der Waals surface area contributed by atoms with Crippen LogP contribution in [-0.4, -0.2) is 131 Å². The number of anilines is 4. The molecule has 4 aromatic carbocycles. The van der Waals surface area contributed by atoms with Crippen molar-refractivity contribution in [2.45, 2.75) is 57.6 Å². The lowest BCUT2D eigenvalue weighted by molar-refractivity contribution is -0.134. The summed E-state index contributed by atoms with van der Waals surface area (Å²) in [5.41, 5.74) is 6.87. The number of benzene rings is 4. The molecule has 4 unspecified atom stereocenters. The molecular formula is C45H56N6O3S2. The van der Waals surface area contributed by atoms with E-state index in [0.29, 0.717) is 64.7 Å². The minimum atomic E-state index is -0.441. The minimum absolute atomic E-state index is 0.211. The van der Waals surface area contributed by atoms with E-state index in [4.69, 9.17) is 9.47 Å². The smallest absolute Gasteiger partial charge is 0.176 e. The van der Waals surface area contributed by atoms with Crippen LogP contribution in [0.2, 0.25) is 0 Å². The van der Waals surface area contributed by atoms with E-state index in [-0.39, 0.29) is 5.78 Å². The van der Waals surface area contributed by atoms with Gasteiger partial charge in [-0.2, -0.15) is 0 Å². The molecule has 2 saturated heterocycles. The quantitative estimate of drug-likeness (QED) is 0.141. The first-order valence-corrected chi connectivity index (χ1v) is 21.7. The van der Waals surface area contributed by atoms with Gasteiger partial charge in [-0.25, -0.2) is 0 Å². The Bertz CT molecular complexity index is 1870. The van der Waals surface area contributed by atoms with Crippen molar-refractivity contribution >= 4 is 52.1 Å². The number of hydrogen-bond donors (Lipinski definition) is 0. The summed E-state index contributed by atoms with van der Waals surface area (Å²) in [4.78, 5) is 35.0. The van der Waals surface area contributed by atoms with Crippen LogP contribution in [0.25, 0.3) is 0 Å². The number of carbonyl (C=O) groups is 1. The van der Waals surface area contributed by atoms with Crippen LogP contribution in [-0.2, 0) is 14.3 Å². The van der Waals surface area contributed by atoms with Gasteiger partial charge >= 0.3 is 0 Å². The largest absolute Gasteiger partial charge is 0.379 e. The molecule has 0 saturated carbocycles. The first-order valence-electron chi connectivity index (χ1n) is 20.0. The van der Waals surface area contributed by atoms with Gasteiger partial charge in [0, 0.05) is 70.9 Å². The van der Waals surface area contributed by atoms with Crippen molar-refractivity contribution < 1.29 is 14.3 Å². The summed E-state index contributed by atoms with van der Waals surface area (Å²) >= 11 is 3.64. The van der Waals surface area contributed by atoms with Crippen LogP contribution in [0.4, 0.5) is 22.7 Å². The van der Waals surface area contributed by atoms with Gasteiger partial charge < -0.3 is 29.1 Å². The predicted octanol–water partition coefficient (Wildman–Crippen LogP) is 7.81. The molecule has 4 aliphatic heterocycles. The Kier molecular flexibility index (Phi) is 12.1. The topological polar surface area (TPSA) is 55.0 Å². The maximum atomic E-state index is 15.9. The molecule has 11 heteroatoms. The van der Waals surface area contributed by atoms with E-state index in [0.717, 1.165) is 24.2 Å². The van der Waals surface area contributed by atoms with Gasteiger partial charge in [0.05, 0.1) is 61.3 Å². The maximum Gasteiger partial charge on any atom is 0.176 e. The number of para-hydroxylation sites is 2. The first kappa shape index (κ1) is 39.4. The molecule has 56 heavy (non-hydrogen) atoms. The highest BCUT2D eigenvalue weighted by molar-refractivity contribution is 8.00. The Morgan fingerprint density at radius 3 is 1.34 bits per heavy atom. The van der Waals surface area contributed by atoms with Gasteiger partial charge in [0.2, 0.25) is 0 Å². The molecule has 4 heterocycles. The van der Waals surface area contributed by atoms with Crippen molar-refractivity contribution in [1.82, 2.24) is 19.6 Å². The first-order chi connectivity index (χ1) is 27.2. The molecule has 2 fully saturated rings. The van der Waals surface area contributed by atoms with Gasteiger partial charge in [-0.05, 0) is 102 Å². The predicted molar refractivity (Wildman–Crippen MR) is 230 cm³/mol. The van der Waals surface area contributed by atoms with Gasteiger partial charge in [-0.1, -0.05) is 59.9 Å². The van der Waals surface area contributed by atoms with Crippen LogP contribution in [0.3, 0.4) is 0 Å². The van der Waals surface area contributed by atoms with Gasteiger partial charge in [0.15, 0.2) is 5.78 Å². The van der Waals surface area contributed by atoms with Crippen molar-refractivity contribution in [2.75, 3.05) is 104 Å². The Balaban J connectivity index is 1.22. The number of likely N-dealkylation sites (N-methyl/N-ethyl adjacent to an activating group) is 2. The number of rotatable bonds is 12. The van der Waals surface area contributed by atoms with Crippen molar-refractivity contribution in [2.24, 2.45) is 0 Å². The van der Waals surface area contributed by atoms with Crippen LogP contribution >= 0.6 is 23.5 Å². The molecule has 0 aromatic heterocycles. The highest BCUT2D eigenvalue weighted by Crippen LogP contribution is 2.51. The number of Topliss-reactive ketones (excluding diaryl/α,β-unsaturated/α-hetero) is 1. The summed E-state index contributed by atoms with van der Waals surface area (Å²) in [7, 11) is 8.58. The summed E-state index contributed by atoms with van der Waals surface area (Å²) in [5, 5.41) is 0. The number of nitrogens with zero attached hydrogens (tertiary/aromatic N) is 6. The summed E-state index contributed by atoms with van der Waals surface area (Å²) in [5.74, 6) is 0.211. The molecule has 4 atom stereocenters. The monoisotopic (exact) mass is 792 g/mol. The van der Waals surface area contributed by atoms with Gasteiger partial charge in [0.1, 0.15) is 0 Å². The number of ether oxygens (including phenoxy) is 2. The van der Waals surface area contributed by atoms with Crippen molar-refractivity contribution in [3.63, 3.8) is 0 Å². The second-order valence-electron chi connectivity index (χ2n) is 15.9. The van der Waals surface area contributed by atoms with Crippen molar-refractivity contribution in [3.05, 3.63) is 96.1 Å². The van der Waals surface area contributed by atoms with Gasteiger partial charge in [-0.15, -0.1) is 0 Å². The van der Waals surface area contributed by atoms with Gasteiger partial charge in [-0.3, -0.25) is 14.6 Å². The summed E-state index contributed by atoms with van der Waals surface area (Å²) in [6, 6.07) is 30.7. The molecule has 0 radical (unpaired) electrons. The van der Waals surface area contributed by atoms with E-state index in [1.165, 1.54) is 42.3 Å². The Hall–Kier alpha value is -3.39. The third-order valence-electron chi connectivity index (χ3n) is 11.9. The minimum Gasteiger partial charge on any atom is -0.379 e. The van der Waals surface area contributed by atoms with Crippen LogP contribution in [0.5, 0.6) is 0 Å². The fraction of sp³-hybridized carbons (Fsp3) is 0.444. The third kappa shape index (κ3) is 8.02. The third-order valence-corrected chi connectivity index (χ3v) is 14.2. The number of hydrogen-bond acceptors (Lipinski definition) is 11. The molecule has 9 nitrogen and oxygen atoms in total. The lowest BCUT2D eigenvalue weighted by atomic mass is 9.89. The molecule has 4 aliphatic rings. The van der Waals surface area contributed by atoms with Crippen molar-refractivity contribution in [3.8, 4) is 0 Å². The zero-order chi connectivity index (χ0) is 38.9. The highest BCUT2D eigenvalue weighted by Gasteiger charge is 2.40. The van der Waals surface area contributed by atoms with Gasteiger partial charge in [0.25, 0.3) is 0 Å². The Labute approximate surface area is 341 Å². The lowest BCUT2D eigenvalue weighted by Crippen LogP contribution is -2.48. The highest BCUT2D eigenvalue weighted by atomic mass is 32.2. The fourth-order valence-electron chi connectivity index (χ4n) is 8.21. The lowest BCUT2D eigenvalue weighted by Gasteiger charge is -2.41. The average Bonchev–Trinajstić information content (AvgIpc) is 3.21. The average molecular weight is 793 g/mol. The Morgan fingerprint density at radius 1 is 0.571 bits per heavy atom. The molecule has 296 valence electrons. The van der Waals surface area contributed by atoms with E-state index in [1.54, 1.807) is 0 Å². The molecule has 0 amide bonds. The number of morpholine rings is 2. The standard InChI is InChI=1S/C45H56N6O3S2/c1-31(46(3)4)29-50-35-11-7-9-13-39(35)55-41-17-15-33(27-37(41)50)43(48-19-23-53-24-20-48)45(52)44(49-21-25-54-26-22-49)34-16-18-42-38(28-34)51(30-32(2)47(5)6)36-12-8-10-14-40(36)56-42/h7-18,27-28,31-32,43-44H,19-26,29-30H2,1-6H3. The van der Waals surface area contributed by atoms with Crippen molar-refractivity contribution in [1.29, 1.82) is 0 Å². The van der Waals surface area contributed by atoms with E-state index < -0.39 is 12.1 Å².